The van der Waals surface area contributed by atoms with Gasteiger partial charge < -0.3 is 19.9 Å². The highest BCUT2D eigenvalue weighted by Gasteiger charge is 2.57. The fourth-order valence-corrected chi connectivity index (χ4v) is 4.74. The molecule has 2 aliphatic rings. The maximum atomic E-state index is 12.8. The van der Waals surface area contributed by atoms with Crippen molar-refractivity contribution >= 4 is 17.6 Å². The van der Waals surface area contributed by atoms with Crippen molar-refractivity contribution in [2.75, 3.05) is 13.2 Å². The van der Waals surface area contributed by atoms with Crippen molar-refractivity contribution in [3.8, 4) is 0 Å². The number of nitrogens with zero attached hydrogens (tertiary/aromatic N) is 4. The molecule has 0 spiro atoms. The SMILES string of the molecule is CCCON=[N+]([O-])N1CCC[C@]1(C(=O)O)c1c(C)ncc2c1CO[C@H]2c1ccc(Cl)cc1. The Morgan fingerprint density at radius 2 is 2.22 bits per heavy atom. The molecule has 3 heterocycles. The van der Waals surface area contributed by atoms with Crippen LogP contribution in [-0.4, -0.2) is 39.2 Å². The molecular formula is C22H25ClN4O5. The van der Waals surface area contributed by atoms with Crippen LogP contribution in [0.15, 0.2) is 35.7 Å². The van der Waals surface area contributed by atoms with Gasteiger partial charge in [-0.3, -0.25) is 4.98 Å². The molecule has 1 saturated heterocycles. The number of rotatable bonds is 7. The van der Waals surface area contributed by atoms with Crippen LogP contribution in [0, 0.1) is 12.1 Å². The molecule has 0 bridgehead atoms. The molecule has 1 aromatic carbocycles. The first-order chi connectivity index (χ1) is 15.4. The third-order valence-electron chi connectivity index (χ3n) is 6.00. The van der Waals surface area contributed by atoms with E-state index >= 15 is 0 Å². The topological polar surface area (TPSA) is 110 Å². The first-order valence-corrected chi connectivity index (χ1v) is 10.9. The number of benzene rings is 1. The maximum Gasteiger partial charge on any atom is 0.340 e. The summed E-state index contributed by atoms with van der Waals surface area (Å²) in [5.74, 6) is -1.13. The number of carboxylic acid groups (broad SMARTS) is 1. The van der Waals surface area contributed by atoms with Crippen LogP contribution in [0.25, 0.3) is 0 Å². The Bertz CT molecular complexity index is 1050. The first-order valence-electron chi connectivity index (χ1n) is 10.6. The van der Waals surface area contributed by atoms with Gasteiger partial charge in [-0.2, -0.15) is 0 Å². The van der Waals surface area contributed by atoms with Crippen LogP contribution in [-0.2, 0) is 26.5 Å². The molecule has 0 unspecified atom stereocenters. The number of aryl methyl sites for hydroxylation is 1. The molecule has 32 heavy (non-hydrogen) atoms. The summed E-state index contributed by atoms with van der Waals surface area (Å²) in [6.07, 6.45) is 2.77. The predicted octanol–water partition coefficient (Wildman–Crippen LogP) is 4.26. The summed E-state index contributed by atoms with van der Waals surface area (Å²) in [5, 5.41) is 28.6. The standard InChI is InChI=1S/C22H25ClN4O5/c1-3-11-32-25-27(30)26-10-4-9-22(26,21(28)29)19-14(2)24-12-17-18(19)13-31-20(17)15-5-7-16(23)8-6-15/h5-8,12,20H,3-4,9-11,13H2,1-2H3,(H,28,29)/t20-,22+/m0/s1. The number of fused-ring (bicyclic) bond motifs is 1. The fourth-order valence-electron chi connectivity index (χ4n) is 4.61. The Morgan fingerprint density at radius 1 is 1.47 bits per heavy atom. The zero-order chi connectivity index (χ0) is 22.9. The van der Waals surface area contributed by atoms with Crippen LogP contribution in [0.4, 0.5) is 0 Å². The number of halogens is 1. The number of hydrazine groups is 1. The molecule has 0 amide bonds. The summed E-state index contributed by atoms with van der Waals surface area (Å²) in [7, 11) is 0. The van der Waals surface area contributed by atoms with Crippen molar-refractivity contribution in [1.29, 1.82) is 0 Å². The zero-order valence-electron chi connectivity index (χ0n) is 18.0. The third kappa shape index (κ3) is 3.65. The quantitative estimate of drug-likeness (QED) is 0.284. The van der Waals surface area contributed by atoms with E-state index in [1.807, 2.05) is 19.1 Å². The van der Waals surface area contributed by atoms with Gasteiger partial charge in [-0.15, -0.1) is 5.01 Å². The first kappa shape index (κ1) is 22.3. The highest BCUT2D eigenvalue weighted by molar-refractivity contribution is 6.30. The molecule has 1 fully saturated rings. The van der Waals surface area contributed by atoms with Gasteiger partial charge in [-0.1, -0.05) is 30.7 Å². The summed E-state index contributed by atoms with van der Waals surface area (Å²) in [6, 6.07) is 7.32. The predicted molar refractivity (Wildman–Crippen MR) is 115 cm³/mol. The smallest absolute Gasteiger partial charge is 0.340 e. The normalized spacial score (nSPS) is 22.8. The minimum Gasteiger partial charge on any atom is -0.569 e. The number of hydrogen-bond donors (Lipinski definition) is 1. The molecule has 0 saturated carbocycles. The Kier molecular flexibility index (Phi) is 6.21. The van der Waals surface area contributed by atoms with Gasteiger partial charge in [0.25, 0.3) is 0 Å². The van der Waals surface area contributed by atoms with Gasteiger partial charge >= 0.3 is 5.97 Å². The van der Waals surface area contributed by atoms with Crippen molar-refractivity contribution in [1.82, 2.24) is 9.99 Å². The monoisotopic (exact) mass is 460 g/mol. The van der Waals surface area contributed by atoms with Gasteiger partial charge in [0, 0.05) is 28.0 Å². The van der Waals surface area contributed by atoms with E-state index in [4.69, 9.17) is 21.2 Å². The summed E-state index contributed by atoms with van der Waals surface area (Å²) in [5.41, 5.74) is 1.85. The van der Waals surface area contributed by atoms with E-state index in [0.29, 0.717) is 29.1 Å². The van der Waals surface area contributed by atoms with Gasteiger partial charge in [-0.25, -0.2) is 4.79 Å². The van der Waals surface area contributed by atoms with Crippen molar-refractivity contribution in [2.24, 2.45) is 5.28 Å². The van der Waals surface area contributed by atoms with E-state index in [1.54, 1.807) is 25.3 Å². The highest BCUT2D eigenvalue weighted by Crippen LogP contribution is 2.47. The Labute approximate surface area is 190 Å². The summed E-state index contributed by atoms with van der Waals surface area (Å²) in [4.78, 5) is 22.5. The second kappa shape index (κ2) is 8.91. The number of carbonyl (C=O) groups is 1. The van der Waals surface area contributed by atoms with Crippen LogP contribution in [0.3, 0.4) is 0 Å². The van der Waals surface area contributed by atoms with E-state index in [-0.39, 0.29) is 31.1 Å². The van der Waals surface area contributed by atoms with Crippen molar-refractivity contribution in [2.45, 2.75) is 51.4 Å². The summed E-state index contributed by atoms with van der Waals surface area (Å²) >= 11 is 6.02. The average molecular weight is 461 g/mol. The van der Waals surface area contributed by atoms with Crippen LogP contribution >= 0.6 is 11.6 Å². The summed E-state index contributed by atoms with van der Waals surface area (Å²) < 4.78 is 6.07. The number of ether oxygens (including phenoxy) is 1. The van der Waals surface area contributed by atoms with Crippen molar-refractivity contribution in [3.63, 3.8) is 0 Å². The van der Waals surface area contributed by atoms with Gasteiger partial charge in [0.1, 0.15) is 12.7 Å². The molecule has 10 heteroatoms. The Balaban J connectivity index is 1.82. The largest absolute Gasteiger partial charge is 0.569 e. The number of aromatic nitrogens is 1. The van der Waals surface area contributed by atoms with Gasteiger partial charge in [0.05, 0.1) is 18.1 Å². The van der Waals surface area contributed by atoms with Crippen LogP contribution in [0.5, 0.6) is 0 Å². The molecular weight excluding hydrogens is 436 g/mol. The molecule has 9 nitrogen and oxygen atoms in total. The summed E-state index contributed by atoms with van der Waals surface area (Å²) in [6.45, 7) is 4.37. The van der Waals surface area contributed by atoms with Crippen LogP contribution in [0.2, 0.25) is 5.02 Å². The molecule has 170 valence electrons. The van der Waals surface area contributed by atoms with E-state index in [0.717, 1.165) is 16.7 Å². The zero-order valence-corrected chi connectivity index (χ0v) is 18.7. The van der Waals surface area contributed by atoms with E-state index in [1.165, 1.54) is 5.01 Å². The van der Waals surface area contributed by atoms with E-state index in [2.05, 4.69) is 10.3 Å². The van der Waals surface area contributed by atoms with Gasteiger partial charge in [0.15, 0.2) is 0 Å². The molecule has 2 aliphatic heterocycles. The molecule has 0 aliphatic carbocycles. The second-order valence-electron chi connectivity index (χ2n) is 7.95. The minimum absolute atomic E-state index is 0.215. The molecule has 1 N–H and O–H groups in total. The lowest BCUT2D eigenvalue weighted by Crippen LogP contribution is -2.51. The molecule has 2 atom stereocenters. The van der Waals surface area contributed by atoms with Crippen molar-refractivity contribution < 1.29 is 24.4 Å². The maximum absolute atomic E-state index is 12.8. The molecule has 0 radical (unpaired) electrons. The molecule has 4 rings (SSSR count). The van der Waals surface area contributed by atoms with E-state index in [9.17, 15) is 15.1 Å². The molecule has 1 aromatic heterocycles. The second-order valence-corrected chi connectivity index (χ2v) is 8.39. The van der Waals surface area contributed by atoms with Crippen molar-refractivity contribution in [3.05, 3.63) is 68.6 Å². The fraction of sp³-hybridized carbons (Fsp3) is 0.455. The Hall–Kier alpha value is -2.91. The van der Waals surface area contributed by atoms with E-state index < -0.39 is 17.6 Å². The Morgan fingerprint density at radius 3 is 2.91 bits per heavy atom. The van der Waals surface area contributed by atoms with Gasteiger partial charge in [-0.05, 0) is 49.4 Å². The number of hydrogen-bond acceptors (Lipinski definition) is 6. The average Bonchev–Trinajstić information content (AvgIpc) is 3.40. The number of aliphatic carboxylic acids is 1. The molecule has 2 aromatic rings. The lowest BCUT2D eigenvalue weighted by atomic mass is 9.82. The lowest BCUT2D eigenvalue weighted by Gasteiger charge is -2.32. The number of carboxylic acids is 1. The highest BCUT2D eigenvalue weighted by atomic mass is 35.5. The number of pyridine rings is 1. The van der Waals surface area contributed by atoms with Crippen LogP contribution < -0.4 is 0 Å². The van der Waals surface area contributed by atoms with Crippen LogP contribution in [0.1, 0.15) is 60.2 Å². The minimum atomic E-state index is -1.61. The third-order valence-corrected chi connectivity index (χ3v) is 6.26. The van der Waals surface area contributed by atoms with Gasteiger partial charge in [0.2, 0.25) is 10.8 Å². The lowest BCUT2D eigenvalue weighted by molar-refractivity contribution is -0.722.